The molecule has 12 heteroatoms. The number of phenols is 2. The molecule has 0 unspecified atom stereocenters. The number of nitrogens with one attached hydrogen (secondary N) is 1. The average Bonchev–Trinajstić information content (AvgIpc) is 3.42. The summed E-state index contributed by atoms with van der Waals surface area (Å²) in [5.41, 5.74) is 4.47. The van der Waals surface area contributed by atoms with Crippen LogP contribution in [-0.2, 0) is 10.0 Å². The van der Waals surface area contributed by atoms with Crippen molar-refractivity contribution in [3.63, 3.8) is 0 Å². The standard InChI is InChI=1S/C16H14BrN3O7S/c17-9-5-12(20(24)25)15(22)13(6-9)28(26,27)19-11-4-8(7-1-2-7)3-10(14(11)21)16(18)23/h3-7,19,21-22H,1-2H2,(H2,18,23). The summed E-state index contributed by atoms with van der Waals surface area (Å²) in [5, 5.41) is 31.3. The van der Waals surface area contributed by atoms with Gasteiger partial charge in [-0.3, -0.25) is 19.6 Å². The molecule has 1 saturated carbocycles. The number of nitrogens with two attached hydrogens (primary N) is 1. The van der Waals surface area contributed by atoms with Crippen LogP contribution in [0.15, 0.2) is 33.6 Å². The quantitative estimate of drug-likeness (QED) is 0.284. The van der Waals surface area contributed by atoms with E-state index in [0.29, 0.717) is 5.56 Å². The highest BCUT2D eigenvalue weighted by Gasteiger charge is 2.30. The van der Waals surface area contributed by atoms with Crippen molar-refractivity contribution in [3.05, 3.63) is 50.0 Å². The SMILES string of the molecule is NC(=O)c1cc(C2CC2)cc(NS(=O)(=O)c2cc(Br)cc([N+](=O)[O-])c2O)c1O. The van der Waals surface area contributed by atoms with Crippen molar-refractivity contribution in [3.8, 4) is 11.5 Å². The highest BCUT2D eigenvalue weighted by Crippen LogP contribution is 2.44. The van der Waals surface area contributed by atoms with E-state index in [0.717, 1.165) is 25.0 Å². The number of aromatic hydroxyl groups is 2. The lowest BCUT2D eigenvalue weighted by molar-refractivity contribution is -0.386. The summed E-state index contributed by atoms with van der Waals surface area (Å²) in [7, 11) is -4.56. The Hall–Kier alpha value is -2.86. The number of sulfonamides is 1. The first-order valence-electron chi connectivity index (χ1n) is 7.87. The molecular weight excluding hydrogens is 458 g/mol. The van der Waals surface area contributed by atoms with Gasteiger partial charge >= 0.3 is 5.69 Å². The van der Waals surface area contributed by atoms with Crippen LogP contribution >= 0.6 is 15.9 Å². The molecule has 0 atom stereocenters. The van der Waals surface area contributed by atoms with E-state index >= 15 is 0 Å². The lowest BCUT2D eigenvalue weighted by atomic mass is 10.0. The van der Waals surface area contributed by atoms with Gasteiger partial charge in [-0.05, 0) is 42.5 Å². The second kappa shape index (κ2) is 6.95. The van der Waals surface area contributed by atoms with E-state index < -0.39 is 42.9 Å². The number of halogens is 1. The van der Waals surface area contributed by atoms with Crippen LogP contribution < -0.4 is 10.5 Å². The minimum absolute atomic E-state index is 0.0474. The monoisotopic (exact) mass is 471 g/mol. The third kappa shape index (κ3) is 3.73. The van der Waals surface area contributed by atoms with Gasteiger partial charge in [0, 0.05) is 10.5 Å². The molecule has 0 aliphatic heterocycles. The Kier molecular flexibility index (Phi) is 4.93. The Morgan fingerprint density at radius 2 is 1.86 bits per heavy atom. The Morgan fingerprint density at radius 3 is 2.39 bits per heavy atom. The largest absolute Gasteiger partial charge is 0.505 e. The minimum Gasteiger partial charge on any atom is -0.505 e. The molecule has 0 radical (unpaired) electrons. The molecule has 148 valence electrons. The van der Waals surface area contributed by atoms with Crippen LogP contribution in [0.5, 0.6) is 11.5 Å². The van der Waals surface area contributed by atoms with Crippen molar-refractivity contribution in [1.29, 1.82) is 0 Å². The fourth-order valence-corrected chi connectivity index (χ4v) is 4.47. The van der Waals surface area contributed by atoms with E-state index in [9.17, 15) is 33.5 Å². The van der Waals surface area contributed by atoms with Crippen LogP contribution in [0.4, 0.5) is 11.4 Å². The lowest BCUT2D eigenvalue weighted by Gasteiger charge is -2.14. The molecule has 1 fully saturated rings. The molecule has 2 aromatic carbocycles. The molecule has 0 bridgehead atoms. The maximum atomic E-state index is 12.7. The molecule has 0 heterocycles. The van der Waals surface area contributed by atoms with Crippen molar-refractivity contribution >= 4 is 43.2 Å². The molecule has 0 spiro atoms. The van der Waals surface area contributed by atoms with Crippen LogP contribution in [0.3, 0.4) is 0 Å². The van der Waals surface area contributed by atoms with Gasteiger partial charge in [0.05, 0.1) is 16.2 Å². The second-order valence-electron chi connectivity index (χ2n) is 6.24. The smallest absolute Gasteiger partial charge is 0.313 e. The van der Waals surface area contributed by atoms with Gasteiger partial charge in [-0.15, -0.1) is 0 Å². The molecule has 5 N–H and O–H groups in total. The third-order valence-corrected chi connectivity index (χ3v) is 6.03. The molecule has 28 heavy (non-hydrogen) atoms. The van der Waals surface area contributed by atoms with Gasteiger partial charge in [0.25, 0.3) is 15.9 Å². The zero-order valence-corrected chi connectivity index (χ0v) is 16.4. The number of carbonyl (C=O) groups excluding carboxylic acids is 1. The average molecular weight is 472 g/mol. The number of hydrogen-bond acceptors (Lipinski definition) is 7. The maximum Gasteiger partial charge on any atom is 0.313 e. The first-order chi connectivity index (χ1) is 13.0. The fraction of sp³-hybridized carbons (Fsp3) is 0.188. The Labute approximate surface area is 167 Å². The van der Waals surface area contributed by atoms with E-state index in [-0.39, 0.29) is 21.6 Å². The normalized spacial score (nSPS) is 13.9. The number of amides is 1. The Balaban J connectivity index is 2.11. The first-order valence-corrected chi connectivity index (χ1v) is 10.2. The predicted octanol–water partition coefficient (Wildman–Crippen LogP) is 2.55. The molecule has 1 amide bonds. The number of carbonyl (C=O) groups is 1. The van der Waals surface area contributed by atoms with Crippen molar-refractivity contribution in [2.24, 2.45) is 5.73 Å². The first kappa shape index (κ1) is 19.9. The Morgan fingerprint density at radius 1 is 1.21 bits per heavy atom. The van der Waals surface area contributed by atoms with Gasteiger partial charge in [0.2, 0.25) is 5.75 Å². The number of anilines is 1. The molecule has 0 saturated heterocycles. The minimum atomic E-state index is -4.56. The number of rotatable bonds is 6. The molecule has 10 nitrogen and oxygen atoms in total. The third-order valence-electron chi connectivity index (χ3n) is 4.20. The van der Waals surface area contributed by atoms with E-state index in [4.69, 9.17) is 5.73 Å². The number of benzene rings is 2. The molecule has 3 rings (SSSR count). The highest BCUT2D eigenvalue weighted by molar-refractivity contribution is 9.10. The van der Waals surface area contributed by atoms with Crippen LogP contribution in [0.1, 0.15) is 34.7 Å². The summed E-state index contributed by atoms with van der Waals surface area (Å²) in [4.78, 5) is 20.9. The van der Waals surface area contributed by atoms with Gasteiger partial charge in [0.15, 0.2) is 5.75 Å². The summed E-state index contributed by atoms with van der Waals surface area (Å²) >= 11 is 2.96. The molecule has 1 aliphatic rings. The zero-order chi connectivity index (χ0) is 20.8. The number of nitrogens with zero attached hydrogens (tertiary/aromatic N) is 1. The topological polar surface area (TPSA) is 173 Å². The zero-order valence-electron chi connectivity index (χ0n) is 14.0. The van der Waals surface area contributed by atoms with Crippen molar-refractivity contribution < 1.29 is 28.3 Å². The van der Waals surface area contributed by atoms with E-state index in [2.05, 4.69) is 20.7 Å². The van der Waals surface area contributed by atoms with E-state index in [1.54, 1.807) is 0 Å². The van der Waals surface area contributed by atoms with E-state index in [1.165, 1.54) is 12.1 Å². The van der Waals surface area contributed by atoms with Crippen LogP contribution in [-0.4, -0.2) is 29.5 Å². The number of nitro benzene ring substituents is 1. The number of phenolic OH excluding ortho intramolecular Hbond substituents is 1. The number of primary amides is 1. The van der Waals surface area contributed by atoms with Crippen LogP contribution in [0.2, 0.25) is 0 Å². The fourth-order valence-electron chi connectivity index (χ4n) is 2.68. The van der Waals surface area contributed by atoms with Crippen LogP contribution in [0, 0.1) is 10.1 Å². The summed E-state index contributed by atoms with van der Waals surface area (Å²) in [6.07, 6.45) is 1.68. The van der Waals surface area contributed by atoms with Gasteiger partial charge in [-0.25, -0.2) is 8.42 Å². The molecular formula is C16H14BrN3O7S. The second-order valence-corrected chi connectivity index (χ2v) is 8.80. The van der Waals surface area contributed by atoms with Crippen molar-refractivity contribution in [2.45, 2.75) is 23.7 Å². The lowest BCUT2D eigenvalue weighted by Crippen LogP contribution is -2.16. The van der Waals surface area contributed by atoms with E-state index in [1.807, 2.05) is 0 Å². The van der Waals surface area contributed by atoms with Crippen molar-refractivity contribution in [2.75, 3.05) is 4.72 Å². The number of nitro groups is 1. The highest BCUT2D eigenvalue weighted by atomic mass is 79.9. The predicted molar refractivity (Wildman–Crippen MR) is 102 cm³/mol. The van der Waals surface area contributed by atoms with Gasteiger partial charge < -0.3 is 15.9 Å². The van der Waals surface area contributed by atoms with Gasteiger partial charge in [-0.1, -0.05) is 15.9 Å². The number of hydrogen-bond donors (Lipinski definition) is 4. The summed E-state index contributed by atoms with van der Waals surface area (Å²) in [5.74, 6) is -2.57. The molecule has 0 aromatic heterocycles. The van der Waals surface area contributed by atoms with Crippen molar-refractivity contribution in [1.82, 2.24) is 0 Å². The van der Waals surface area contributed by atoms with Crippen LogP contribution in [0.25, 0.3) is 0 Å². The summed E-state index contributed by atoms with van der Waals surface area (Å²) < 4.78 is 27.6. The molecule has 1 aliphatic carbocycles. The Bertz CT molecular complexity index is 1110. The van der Waals surface area contributed by atoms with Gasteiger partial charge in [0.1, 0.15) is 4.90 Å². The molecule has 2 aromatic rings. The summed E-state index contributed by atoms with van der Waals surface area (Å²) in [6.45, 7) is 0. The van der Waals surface area contributed by atoms with Gasteiger partial charge in [-0.2, -0.15) is 0 Å². The maximum absolute atomic E-state index is 12.7. The summed E-state index contributed by atoms with van der Waals surface area (Å²) in [6, 6.07) is 4.68.